The zero-order chi connectivity index (χ0) is 12.3. The van der Waals surface area contributed by atoms with Crippen LogP contribution in [0.15, 0.2) is 0 Å². The summed E-state index contributed by atoms with van der Waals surface area (Å²) in [5.41, 5.74) is 0. The summed E-state index contributed by atoms with van der Waals surface area (Å²) in [7, 11) is 0.725. The van der Waals surface area contributed by atoms with Gasteiger partial charge in [0.25, 0.3) is 0 Å². The zero-order valence-electron chi connectivity index (χ0n) is 10.3. The van der Waals surface area contributed by atoms with Crippen molar-refractivity contribution in [3.63, 3.8) is 0 Å². The molecule has 2 atom stereocenters. The van der Waals surface area contributed by atoms with Crippen LogP contribution in [0.5, 0.6) is 0 Å². The van der Waals surface area contributed by atoms with E-state index in [0.717, 1.165) is 12.8 Å². The lowest BCUT2D eigenvalue weighted by molar-refractivity contribution is -0.124. The van der Waals surface area contributed by atoms with Gasteiger partial charge in [-0.2, -0.15) is 0 Å². The molecule has 0 aromatic rings. The summed E-state index contributed by atoms with van der Waals surface area (Å²) in [6.07, 6.45) is 4.20. The summed E-state index contributed by atoms with van der Waals surface area (Å²) in [5, 5.41) is -0.308. The summed E-state index contributed by atoms with van der Waals surface area (Å²) in [6.45, 7) is 0.418. The molecule has 1 fully saturated rings. The van der Waals surface area contributed by atoms with Gasteiger partial charge in [0.15, 0.2) is 0 Å². The number of likely N-dealkylation sites (N-methyl/N-ethyl adjacent to an activating group) is 1. The predicted molar refractivity (Wildman–Crippen MR) is 64.2 cm³/mol. The van der Waals surface area contributed by atoms with Crippen LogP contribution in [0.3, 0.4) is 0 Å². The van der Waals surface area contributed by atoms with Gasteiger partial charge in [-0.3, -0.25) is 4.79 Å². The van der Waals surface area contributed by atoms with Crippen molar-refractivity contribution in [2.75, 3.05) is 26.9 Å². The van der Waals surface area contributed by atoms with Gasteiger partial charge < -0.3 is 4.90 Å². The second-order valence-corrected chi connectivity index (χ2v) is 7.34. The van der Waals surface area contributed by atoms with E-state index < -0.39 is 9.84 Å². The van der Waals surface area contributed by atoms with E-state index in [1.165, 1.54) is 6.26 Å². The molecule has 0 amide bonds. The Hall–Kier alpha value is -0.420. The first-order chi connectivity index (χ1) is 7.30. The fraction of sp³-hybridized carbons (Fsp3) is 0.909. The van der Waals surface area contributed by atoms with Crippen molar-refractivity contribution in [1.29, 1.82) is 0 Å². The molecule has 0 bridgehead atoms. The van der Waals surface area contributed by atoms with Crippen molar-refractivity contribution in [3.05, 3.63) is 0 Å². The summed E-state index contributed by atoms with van der Waals surface area (Å²) >= 11 is 0. The summed E-state index contributed by atoms with van der Waals surface area (Å²) in [6, 6.07) is 0. The molecule has 0 aromatic carbocycles. The molecular formula is C11H21NO3S. The molecule has 5 heteroatoms. The normalized spacial score (nSPS) is 27.0. The molecular weight excluding hydrogens is 226 g/mol. The quantitative estimate of drug-likeness (QED) is 0.734. The van der Waals surface area contributed by atoms with Crippen LogP contribution in [0.4, 0.5) is 0 Å². The lowest BCUT2D eigenvalue weighted by atomic mass is 9.85. The third-order valence-electron chi connectivity index (χ3n) is 3.16. The molecule has 94 valence electrons. The summed E-state index contributed by atoms with van der Waals surface area (Å²) in [5.74, 6) is 0.120. The number of nitrogens with zero attached hydrogens (tertiary/aromatic N) is 1. The first-order valence-corrected chi connectivity index (χ1v) is 7.62. The summed E-state index contributed by atoms with van der Waals surface area (Å²) in [4.78, 5) is 13.7. The Balaban J connectivity index is 2.60. The molecule has 0 N–H and O–H groups in total. The Labute approximate surface area is 97.9 Å². The minimum Gasteiger partial charge on any atom is -0.302 e. The molecule has 0 heterocycles. The number of sulfone groups is 1. The first-order valence-electron chi connectivity index (χ1n) is 5.67. The van der Waals surface area contributed by atoms with E-state index in [9.17, 15) is 13.2 Å². The number of ketones is 1. The minimum atomic E-state index is -2.99. The van der Waals surface area contributed by atoms with Crippen molar-refractivity contribution < 1.29 is 13.2 Å². The van der Waals surface area contributed by atoms with E-state index in [1.54, 1.807) is 0 Å². The maximum atomic E-state index is 11.8. The Kier molecular flexibility index (Phi) is 4.50. The van der Waals surface area contributed by atoms with Crippen molar-refractivity contribution in [1.82, 2.24) is 4.90 Å². The van der Waals surface area contributed by atoms with Crippen molar-refractivity contribution in [2.45, 2.75) is 30.9 Å². The van der Waals surface area contributed by atoms with Gasteiger partial charge >= 0.3 is 0 Å². The predicted octanol–water partition coefficient (Wildman–Crippen LogP) is 0.720. The molecule has 1 saturated carbocycles. The number of hydrogen-bond donors (Lipinski definition) is 0. The average molecular weight is 247 g/mol. The van der Waals surface area contributed by atoms with E-state index in [-0.39, 0.29) is 17.0 Å². The Morgan fingerprint density at radius 1 is 1.31 bits per heavy atom. The maximum absolute atomic E-state index is 11.8. The molecule has 0 spiro atoms. The van der Waals surface area contributed by atoms with Crippen LogP contribution in [0.2, 0.25) is 0 Å². The second kappa shape index (κ2) is 5.27. The van der Waals surface area contributed by atoms with Gasteiger partial charge in [0, 0.05) is 12.2 Å². The fourth-order valence-corrected chi connectivity index (χ4v) is 3.44. The molecule has 1 rings (SSSR count). The van der Waals surface area contributed by atoms with Crippen molar-refractivity contribution in [2.24, 2.45) is 5.92 Å². The van der Waals surface area contributed by atoms with Crippen LogP contribution in [0.25, 0.3) is 0 Å². The number of Topliss-reactive ketones (excluding diaryl/α,β-unsaturated/α-hetero) is 1. The highest BCUT2D eigenvalue weighted by molar-refractivity contribution is 7.91. The van der Waals surface area contributed by atoms with Gasteiger partial charge in [0.05, 0.1) is 11.8 Å². The Morgan fingerprint density at radius 3 is 2.44 bits per heavy atom. The number of hydrogen-bond acceptors (Lipinski definition) is 4. The van der Waals surface area contributed by atoms with Gasteiger partial charge in [-0.05, 0) is 33.4 Å². The standard InChI is InChI=1S/C11H21NO3S/c1-12(2)8-11(13)9-5-4-6-10(7-9)16(3,14)15/h9-10H,4-8H2,1-3H3. The average Bonchev–Trinajstić information content (AvgIpc) is 2.15. The minimum absolute atomic E-state index is 0.0594. The molecule has 2 unspecified atom stereocenters. The lowest BCUT2D eigenvalue weighted by Crippen LogP contribution is -2.35. The fourth-order valence-electron chi connectivity index (χ4n) is 2.27. The number of carbonyl (C=O) groups excluding carboxylic acids is 1. The SMILES string of the molecule is CN(C)CC(=O)C1CCCC(S(C)(=O)=O)C1. The van der Waals surface area contributed by atoms with E-state index in [2.05, 4.69) is 0 Å². The van der Waals surface area contributed by atoms with Gasteiger partial charge in [-0.15, -0.1) is 0 Å². The largest absolute Gasteiger partial charge is 0.302 e. The third-order valence-corrected chi connectivity index (χ3v) is 4.80. The van der Waals surface area contributed by atoms with Crippen LogP contribution in [0.1, 0.15) is 25.7 Å². The number of rotatable bonds is 4. The smallest absolute Gasteiger partial charge is 0.150 e. The van der Waals surface area contributed by atoms with Gasteiger partial charge in [0.1, 0.15) is 15.6 Å². The van der Waals surface area contributed by atoms with E-state index in [1.807, 2.05) is 19.0 Å². The van der Waals surface area contributed by atoms with Gasteiger partial charge in [-0.25, -0.2) is 8.42 Å². The van der Waals surface area contributed by atoms with E-state index in [4.69, 9.17) is 0 Å². The van der Waals surface area contributed by atoms with Crippen LogP contribution < -0.4 is 0 Å². The lowest BCUT2D eigenvalue weighted by Gasteiger charge is -2.27. The molecule has 16 heavy (non-hydrogen) atoms. The van der Waals surface area contributed by atoms with Crippen LogP contribution in [0, 0.1) is 5.92 Å². The molecule has 1 aliphatic carbocycles. The van der Waals surface area contributed by atoms with Gasteiger partial charge in [-0.1, -0.05) is 6.42 Å². The highest BCUT2D eigenvalue weighted by atomic mass is 32.2. The third kappa shape index (κ3) is 3.87. The molecule has 0 aromatic heterocycles. The molecule has 4 nitrogen and oxygen atoms in total. The number of carbonyl (C=O) groups is 1. The maximum Gasteiger partial charge on any atom is 0.150 e. The second-order valence-electron chi connectivity index (χ2n) is 5.02. The zero-order valence-corrected chi connectivity index (χ0v) is 11.1. The van der Waals surface area contributed by atoms with Crippen molar-refractivity contribution >= 4 is 15.6 Å². The Morgan fingerprint density at radius 2 is 1.94 bits per heavy atom. The van der Waals surface area contributed by atoms with Crippen LogP contribution in [-0.4, -0.2) is 51.2 Å². The van der Waals surface area contributed by atoms with E-state index in [0.29, 0.717) is 19.4 Å². The van der Waals surface area contributed by atoms with Gasteiger partial charge in [0.2, 0.25) is 0 Å². The molecule has 1 aliphatic rings. The highest BCUT2D eigenvalue weighted by Gasteiger charge is 2.32. The first kappa shape index (κ1) is 13.6. The van der Waals surface area contributed by atoms with Crippen LogP contribution >= 0.6 is 0 Å². The molecule has 0 saturated heterocycles. The Bertz CT molecular complexity index is 348. The van der Waals surface area contributed by atoms with Crippen LogP contribution in [-0.2, 0) is 14.6 Å². The summed E-state index contributed by atoms with van der Waals surface area (Å²) < 4.78 is 22.9. The molecule has 0 radical (unpaired) electrons. The highest BCUT2D eigenvalue weighted by Crippen LogP contribution is 2.29. The monoisotopic (exact) mass is 247 g/mol. The van der Waals surface area contributed by atoms with Crippen molar-refractivity contribution in [3.8, 4) is 0 Å². The van der Waals surface area contributed by atoms with E-state index >= 15 is 0 Å². The topological polar surface area (TPSA) is 54.5 Å². The molecule has 0 aliphatic heterocycles.